The predicted molar refractivity (Wildman–Crippen MR) is 79.7 cm³/mol. The fraction of sp³-hybridized carbons (Fsp3) is 0.429. The summed E-state index contributed by atoms with van der Waals surface area (Å²) in [5, 5.41) is 10.5. The lowest BCUT2D eigenvalue weighted by atomic mass is 9.86. The molecule has 2 N–H and O–H groups in total. The molecule has 0 aliphatic carbocycles. The van der Waals surface area contributed by atoms with E-state index in [9.17, 15) is 9.59 Å². The van der Waals surface area contributed by atoms with Crippen molar-refractivity contribution in [3.8, 4) is 0 Å². The fourth-order valence-corrected chi connectivity index (χ4v) is 1.95. The maximum atomic E-state index is 12.1. The third-order valence-electron chi connectivity index (χ3n) is 3.04. The molecule has 8 nitrogen and oxygen atoms in total. The third-order valence-corrected chi connectivity index (χ3v) is 3.04. The first kappa shape index (κ1) is 15.7. The van der Waals surface area contributed by atoms with Gasteiger partial charge in [-0.3, -0.25) is 19.0 Å². The first-order chi connectivity index (χ1) is 10.3. The maximum Gasteiger partial charge on any atom is 0.438 e. The number of aryl methyl sites for hydroxylation is 1. The Bertz CT molecular complexity index is 732. The minimum Gasteiger partial charge on any atom is -0.342 e. The van der Waals surface area contributed by atoms with Crippen molar-refractivity contribution in [3.63, 3.8) is 0 Å². The molecule has 0 aliphatic heterocycles. The van der Waals surface area contributed by atoms with E-state index in [-0.39, 0.29) is 11.3 Å². The van der Waals surface area contributed by atoms with Crippen molar-refractivity contribution >= 4 is 12.0 Å². The van der Waals surface area contributed by atoms with Crippen LogP contribution in [0.4, 0.5) is 0 Å². The molecule has 0 aromatic carbocycles. The standard InChI is InChI=1S/C14H19N5O3/c1-14(2,3)11(12-17-13(21)22-18-12)16-10(20)6-5-9-7-15-19(4)8-9/h5-8,11H,1-4H3,(H,16,20)(H,17,18,21). The largest absolute Gasteiger partial charge is 0.438 e. The number of hydrogen-bond acceptors (Lipinski definition) is 5. The predicted octanol–water partition coefficient (Wildman–Crippen LogP) is 1.01. The molecule has 0 bridgehead atoms. The zero-order chi connectivity index (χ0) is 16.3. The summed E-state index contributed by atoms with van der Waals surface area (Å²) in [6.45, 7) is 5.78. The highest BCUT2D eigenvalue weighted by Crippen LogP contribution is 2.30. The molecule has 2 heterocycles. The Labute approximate surface area is 127 Å². The van der Waals surface area contributed by atoms with E-state index < -0.39 is 11.8 Å². The minimum absolute atomic E-state index is 0.292. The van der Waals surface area contributed by atoms with E-state index in [1.54, 1.807) is 30.2 Å². The van der Waals surface area contributed by atoms with Gasteiger partial charge in [0.05, 0.1) is 12.2 Å². The summed E-state index contributed by atoms with van der Waals surface area (Å²) in [7, 11) is 1.80. The maximum absolute atomic E-state index is 12.1. The Morgan fingerprint density at radius 1 is 1.50 bits per heavy atom. The molecular weight excluding hydrogens is 286 g/mol. The molecule has 1 unspecified atom stereocenters. The Morgan fingerprint density at radius 2 is 2.23 bits per heavy atom. The van der Waals surface area contributed by atoms with Crippen molar-refractivity contribution in [2.45, 2.75) is 26.8 Å². The van der Waals surface area contributed by atoms with Gasteiger partial charge in [0.2, 0.25) is 5.91 Å². The first-order valence-electron chi connectivity index (χ1n) is 6.79. The molecule has 118 valence electrons. The van der Waals surface area contributed by atoms with Crippen LogP contribution in [0, 0.1) is 5.41 Å². The molecule has 22 heavy (non-hydrogen) atoms. The molecule has 0 radical (unpaired) electrons. The van der Waals surface area contributed by atoms with Gasteiger partial charge in [-0.05, 0) is 11.5 Å². The number of H-pyrrole nitrogens is 1. The van der Waals surface area contributed by atoms with Crippen LogP contribution in [0.25, 0.3) is 6.08 Å². The van der Waals surface area contributed by atoms with E-state index >= 15 is 0 Å². The summed E-state index contributed by atoms with van der Waals surface area (Å²) in [6.07, 6.45) is 6.52. The number of nitrogens with one attached hydrogen (secondary N) is 2. The number of carbonyl (C=O) groups is 1. The van der Waals surface area contributed by atoms with Crippen LogP contribution >= 0.6 is 0 Å². The number of aromatic amines is 1. The van der Waals surface area contributed by atoms with E-state index in [1.165, 1.54) is 6.08 Å². The van der Waals surface area contributed by atoms with Crippen molar-refractivity contribution in [1.29, 1.82) is 0 Å². The number of nitrogens with zero attached hydrogens (tertiary/aromatic N) is 3. The van der Waals surface area contributed by atoms with Crippen LogP contribution in [0.15, 0.2) is 27.8 Å². The summed E-state index contributed by atoms with van der Waals surface area (Å²) < 4.78 is 6.16. The summed E-state index contributed by atoms with van der Waals surface area (Å²) in [5.74, 6) is -0.655. The van der Waals surface area contributed by atoms with Crippen LogP contribution in [-0.2, 0) is 11.8 Å². The normalized spacial score (nSPS) is 13.5. The highest BCUT2D eigenvalue weighted by Gasteiger charge is 2.30. The summed E-state index contributed by atoms with van der Waals surface area (Å²) >= 11 is 0. The molecule has 8 heteroatoms. The summed E-state index contributed by atoms with van der Waals surface area (Å²) in [5.41, 5.74) is 0.470. The molecule has 1 amide bonds. The Balaban J connectivity index is 2.12. The second kappa shape index (κ2) is 6.00. The molecule has 2 aromatic rings. The number of rotatable bonds is 4. The molecule has 0 spiro atoms. The van der Waals surface area contributed by atoms with Gasteiger partial charge in [0.15, 0.2) is 5.82 Å². The summed E-state index contributed by atoms with van der Waals surface area (Å²) in [6, 6.07) is -0.481. The van der Waals surface area contributed by atoms with E-state index in [0.717, 1.165) is 5.56 Å². The van der Waals surface area contributed by atoms with Gasteiger partial charge in [0.1, 0.15) is 0 Å². The Morgan fingerprint density at radius 3 is 2.73 bits per heavy atom. The van der Waals surface area contributed by atoms with Crippen molar-refractivity contribution in [3.05, 3.63) is 40.4 Å². The van der Waals surface area contributed by atoms with Crippen molar-refractivity contribution in [1.82, 2.24) is 25.2 Å². The van der Waals surface area contributed by atoms with Gasteiger partial charge in [-0.2, -0.15) is 5.10 Å². The van der Waals surface area contributed by atoms with Gasteiger partial charge >= 0.3 is 5.76 Å². The highest BCUT2D eigenvalue weighted by molar-refractivity contribution is 5.91. The molecule has 1 atom stereocenters. The van der Waals surface area contributed by atoms with Gasteiger partial charge in [-0.1, -0.05) is 25.9 Å². The fourth-order valence-electron chi connectivity index (χ4n) is 1.95. The van der Waals surface area contributed by atoms with Crippen LogP contribution in [0.2, 0.25) is 0 Å². The second-order valence-electron chi connectivity index (χ2n) is 6.07. The molecular formula is C14H19N5O3. The zero-order valence-electron chi connectivity index (χ0n) is 13.0. The minimum atomic E-state index is -0.649. The van der Waals surface area contributed by atoms with E-state index in [4.69, 9.17) is 0 Å². The van der Waals surface area contributed by atoms with Gasteiger partial charge in [0.25, 0.3) is 0 Å². The van der Waals surface area contributed by atoms with Gasteiger partial charge in [-0.15, -0.1) is 0 Å². The first-order valence-corrected chi connectivity index (χ1v) is 6.79. The lowest BCUT2D eigenvalue weighted by Gasteiger charge is -2.28. The zero-order valence-corrected chi connectivity index (χ0v) is 13.0. The quantitative estimate of drug-likeness (QED) is 0.820. The average molecular weight is 305 g/mol. The lowest BCUT2D eigenvalue weighted by Crippen LogP contribution is -2.36. The molecule has 0 saturated carbocycles. The number of carbonyl (C=O) groups excluding carboxylic acids is 1. The molecule has 0 fully saturated rings. The molecule has 0 saturated heterocycles. The van der Waals surface area contributed by atoms with Crippen molar-refractivity contribution in [2.75, 3.05) is 0 Å². The monoisotopic (exact) mass is 305 g/mol. The van der Waals surface area contributed by atoms with Crippen molar-refractivity contribution in [2.24, 2.45) is 12.5 Å². The van der Waals surface area contributed by atoms with E-state index in [1.807, 2.05) is 20.8 Å². The third kappa shape index (κ3) is 3.94. The SMILES string of the molecule is Cn1cc(C=CC(=O)NC(c2noc(=O)[nH]2)C(C)(C)C)cn1. The Hall–Kier alpha value is -2.64. The summed E-state index contributed by atoms with van der Waals surface area (Å²) in [4.78, 5) is 25.7. The topological polar surface area (TPSA) is 106 Å². The number of aromatic nitrogens is 4. The smallest absolute Gasteiger partial charge is 0.342 e. The Kier molecular flexibility index (Phi) is 4.30. The lowest BCUT2D eigenvalue weighted by molar-refractivity contribution is -0.118. The number of amides is 1. The van der Waals surface area contributed by atoms with Crippen LogP contribution in [0.3, 0.4) is 0 Å². The molecule has 0 aliphatic rings. The van der Waals surface area contributed by atoms with Crippen molar-refractivity contribution < 1.29 is 9.32 Å². The van der Waals surface area contributed by atoms with Crippen LogP contribution in [0.5, 0.6) is 0 Å². The second-order valence-corrected chi connectivity index (χ2v) is 6.07. The van der Waals surface area contributed by atoms with Crippen LogP contribution in [-0.4, -0.2) is 25.8 Å². The van der Waals surface area contributed by atoms with Gasteiger partial charge in [-0.25, -0.2) is 4.79 Å². The molecule has 2 aromatic heterocycles. The average Bonchev–Trinajstić information content (AvgIpc) is 3.01. The van der Waals surface area contributed by atoms with E-state index in [0.29, 0.717) is 5.82 Å². The molecule has 2 rings (SSSR count). The number of hydrogen-bond donors (Lipinski definition) is 2. The van der Waals surface area contributed by atoms with Crippen LogP contribution < -0.4 is 11.1 Å². The highest BCUT2D eigenvalue weighted by atomic mass is 16.5. The van der Waals surface area contributed by atoms with Gasteiger partial charge in [0, 0.05) is 24.9 Å². The van der Waals surface area contributed by atoms with Crippen LogP contribution in [0.1, 0.15) is 38.2 Å². The van der Waals surface area contributed by atoms with Gasteiger partial charge < -0.3 is 5.32 Å². The van der Waals surface area contributed by atoms with E-state index in [2.05, 4.69) is 25.1 Å².